The molecular formula is C17H20ClN3O3S. The molecule has 0 bridgehead atoms. The van der Waals surface area contributed by atoms with Gasteiger partial charge in [0.1, 0.15) is 5.75 Å². The number of amides is 1. The van der Waals surface area contributed by atoms with Crippen molar-refractivity contribution in [3.8, 4) is 5.75 Å². The van der Waals surface area contributed by atoms with Crippen LogP contribution >= 0.6 is 22.9 Å². The van der Waals surface area contributed by atoms with Crippen LogP contribution < -0.4 is 10.1 Å². The Bertz CT molecular complexity index is 732. The average Bonchev–Trinajstić information content (AvgIpc) is 3.05. The van der Waals surface area contributed by atoms with Gasteiger partial charge in [-0.3, -0.25) is 4.79 Å². The number of ether oxygens (including phenoxy) is 2. The second-order valence-corrected chi connectivity index (χ2v) is 7.39. The molecule has 0 unspecified atom stereocenters. The predicted molar refractivity (Wildman–Crippen MR) is 98.5 cm³/mol. The number of aryl methyl sites for hydroxylation is 1. The van der Waals surface area contributed by atoms with Crippen molar-refractivity contribution in [2.75, 3.05) is 38.2 Å². The van der Waals surface area contributed by atoms with Crippen LogP contribution in [0.25, 0.3) is 0 Å². The maximum atomic E-state index is 12.1. The lowest BCUT2D eigenvalue weighted by molar-refractivity contribution is -0.137. The summed E-state index contributed by atoms with van der Waals surface area (Å²) in [5.41, 5.74) is 2.06. The molecule has 0 atom stereocenters. The zero-order valence-corrected chi connectivity index (χ0v) is 15.5. The highest BCUT2D eigenvalue weighted by molar-refractivity contribution is 7.15. The van der Waals surface area contributed by atoms with Crippen LogP contribution in [0.3, 0.4) is 0 Å². The number of halogens is 1. The first-order valence-corrected chi connectivity index (χ1v) is 9.24. The Labute approximate surface area is 155 Å². The van der Waals surface area contributed by atoms with Crippen molar-refractivity contribution < 1.29 is 14.3 Å². The van der Waals surface area contributed by atoms with Gasteiger partial charge in [-0.25, -0.2) is 4.98 Å². The molecule has 134 valence electrons. The highest BCUT2D eigenvalue weighted by atomic mass is 35.5. The van der Waals surface area contributed by atoms with Crippen LogP contribution in [0, 0.1) is 6.92 Å². The zero-order valence-electron chi connectivity index (χ0n) is 14.0. The lowest BCUT2D eigenvalue weighted by Crippen LogP contribution is -2.42. The molecule has 0 spiro atoms. The molecule has 0 saturated carbocycles. The minimum Gasteiger partial charge on any atom is -0.484 e. The molecule has 1 N–H and O–H groups in total. The van der Waals surface area contributed by atoms with Crippen LogP contribution in [-0.2, 0) is 16.1 Å². The Morgan fingerprint density at radius 3 is 2.92 bits per heavy atom. The summed E-state index contributed by atoms with van der Waals surface area (Å²) in [6.45, 7) is 5.16. The number of thiazole rings is 1. The number of nitrogens with one attached hydrogen (secondary N) is 1. The lowest BCUT2D eigenvalue weighted by atomic mass is 10.2. The maximum Gasteiger partial charge on any atom is 0.260 e. The van der Waals surface area contributed by atoms with Crippen LogP contribution in [0.15, 0.2) is 24.4 Å². The molecule has 2 heterocycles. The molecule has 25 heavy (non-hydrogen) atoms. The summed E-state index contributed by atoms with van der Waals surface area (Å²) in [6.07, 6.45) is 1.77. The van der Waals surface area contributed by atoms with Crippen molar-refractivity contribution >= 4 is 34.5 Å². The minimum atomic E-state index is -0.00905. The van der Waals surface area contributed by atoms with E-state index in [0.29, 0.717) is 43.1 Å². The molecule has 3 rings (SSSR count). The number of carbonyl (C=O) groups is 1. The van der Waals surface area contributed by atoms with Crippen molar-refractivity contribution in [2.24, 2.45) is 0 Å². The van der Waals surface area contributed by atoms with Gasteiger partial charge in [-0.2, -0.15) is 0 Å². The third kappa shape index (κ3) is 5.07. The molecule has 6 nitrogen and oxygen atoms in total. The summed E-state index contributed by atoms with van der Waals surface area (Å²) in [4.78, 5) is 19.0. The summed E-state index contributed by atoms with van der Waals surface area (Å²) in [5.74, 6) is 0.677. The van der Waals surface area contributed by atoms with Gasteiger partial charge in [0, 0.05) is 29.9 Å². The number of morpholine rings is 1. The summed E-state index contributed by atoms with van der Waals surface area (Å²) >= 11 is 7.29. The van der Waals surface area contributed by atoms with E-state index in [4.69, 9.17) is 21.1 Å². The van der Waals surface area contributed by atoms with Crippen LogP contribution in [-0.4, -0.2) is 48.7 Å². The predicted octanol–water partition coefficient (Wildman–Crippen LogP) is 2.95. The molecule has 2 aromatic rings. The van der Waals surface area contributed by atoms with Crippen LogP contribution in [0.1, 0.15) is 10.4 Å². The topological polar surface area (TPSA) is 63.7 Å². The maximum absolute atomic E-state index is 12.1. The second kappa shape index (κ2) is 8.51. The number of hydrogen-bond donors (Lipinski definition) is 1. The molecule has 0 radical (unpaired) electrons. The monoisotopic (exact) mass is 381 g/mol. The van der Waals surface area contributed by atoms with Gasteiger partial charge in [-0.05, 0) is 30.7 Å². The van der Waals surface area contributed by atoms with E-state index in [9.17, 15) is 4.79 Å². The first kappa shape index (κ1) is 18.0. The number of nitrogens with zero attached hydrogens (tertiary/aromatic N) is 2. The molecule has 1 aromatic carbocycles. The van der Waals surface area contributed by atoms with E-state index >= 15 is 0 Å². The molecule has 1 saturated heterocycles. The van der Waals surface area contributed by atoms with Crippen LogP contribution in [0.4, 0.5) is 5.69 Å². The lowest BCUT2D eigenvalue weighted by Gasteiger charge is -2.26. The summed E-state index contributed by atoms with van der Waals surface area (Å²) in [5, 5.41) is 3.35. The van der Waals surface area contributed by atoms with Crippen molar-refractivity contribution in [2.45, 2.75) is 13.5 Å². The van der Waals surface area contributed by atoms with E-state index in [1.807, 2.05) is 25.1 Å². The number of anilines is 1. The fourth-order valence-corrected chi connectivity index (χ4v) is 3.44. The molecular weight excluding hydrogens is 362 g/mol. The highest BCUT2D eigenvalue weighted by Gasteiger charge is 2.17. The summed E-state index contributed by atoms with van der Waals surface area (Å²) in [7, 11) is 0. The number of rotatable bonds is 6. The third-order valence-electron chi connectivity index (χ3n) is 3.90. The molecule has 8 heteroatoms. The first-order valence-electron chi connectivity index (χ1n) is 8.05. The Kier molecular flexibility index (Phi) is 6.12. The Morgan fingerprint density at radius 1 is 1.44 bits per heavy atom. The van der Waals surface area contributed by atoms with E-state index in [-0.39, 0.29) is 12.5 Å². The average molecular weight is 382 g/mol. The minimum absolute atomic E-state index is 0.00905. The quantitative estimate of drug-likeness (QED) is 0.833. The van der Waals surface area contributed by atoms with Gasteiger partial charge >= 0.3 is 0 Å². The van der Waals surface area contributed by atoms with Crippen molar-refractivity contribution in [3.05, 3.63) is 39.3 Å². The van der Waals surface area contributed by atoms with Gasteiger partial charge in [-0.1, -0.05) is 11.6 Å². The van der Waals surface area contributed by atoms with Gasteiger partial charge in [-0.15, -0.1) is 11.3 Å². The summed E-state index contributed by atoms with van der Waals surface area (Å²) in [6, 6.07) is 5.74. The van der Waals surface area contributed by atoms with Gasteiger partial charge in [0.25, 0.3) is 5.91 Å². The Hall–Kier alpha value is -1.83. The van der Waals surface area contributed by atoms with E-state index in [1.54, 1.807) is 11.1 Å². The van der Waals surface area contributed by atoms with E-state index < -0.39 is 0 Å². The number of hydrogen-bond acceptors (Lipinski definition) is 6. The standard InChI is InChI=1S/C17H20ClN3O3S/c1-12-8-13(24-11-16(22)21-4-6-23-7-5-21)2-3-15(12)19-9-14-10-20-17(18)25-14/h2-3,8,10,19H,4-7,9,11H2,1H3. The molecule has 1 aliphatic heterocycles. The fourth-order valence-electron chi connectivity index (χ4n) is 2.52. The van der Waals surface area contributed by atoms with Gasteiger partial charge < -0.3 is 19.7 Å². The summed E-state index contributed by atoms with van der Waals surface area (Å²) < 4.78 is 11.4. The Balaban J connectivity index is 1.51. The van der Waals surface area contributed by atoms with Gasteiger partial charge in [0.05, 0.1) is 19.8 Å². The number of benzene rings is 1. The smallest absolute Gasteiger partial charge is 0.260 e. The molecule has 1 aromatic heterocycles. The van der Waals surface area contributed by atoms with E-state index in [2.05, 4.69) is 10.3 Å². The fraction of sp³-hybridized carbons (Fsp3) is 0.412. The zero-order chi connectivity index (χ0) is 17.6. The second-order valence-electron chi connectivity index (χ2n) is 5.69. The normalized spacial score (nSPS) is 14.4. The SMILES string of the molecule is Cc1cc(OCC(=O)N2CCOCC2)ccc1NCc1cnc(Cl)s1. The van der Waals surface area contributed by atoms with Crippen LogP contribution in [0.2, 0.25) is 4.47 Å². The number of carbonyl (C=O) groups excluding carboxylic acids is 1. The van der Waals surface area contributed by atoms with E-state index in [0.717, 1.165) is 16.1 Å². The van der Waals surface area contributed by atoms with Crippen molar-refractivity contribution in [1.29, 1.82) is 0 Å². The van der Waals surface area contributed by atoms with Crippen molar-refractivity contribution in [3.63, 3.8) is 0 Å². The third-order valence-corrected chi connectivity index (χ3v) is 5.02. The van der Waals surface area contributed by atoms with Crippen LogP contribution in [0.5, 0.6) is 5.75 Å². The molecule has 0 aliphatic carbocycles. The Morgan fingerprint density at radius 2 is 2.24 bits per heavy atom. The molecule has 1 amide bonds. The van der Waals surface area contributed by atoms with Crippen molar-refractivity contribution in [1.82, 2.24) is 9.88 Å². The number of aromatic nitrogens is 1. The largest absolute Gasteiger partial charge is 0.484 e. The molecule has 1 aliphatic rings. The van der Waals surface area contributed by atoms with Gasteiger partial charge in [0.2, 0.25) is 0 Å². The first-order chi connectivity index (χ1) is 12.1. The highest BCUT2D eigenvalue weighted by Crippen LogP contribution is 2.24. The molecule has 1 fully saturated rings. The van der Waals surface area contributed by atoms with Gasteiger partial charge in [0.15, 0.2) is 11.1 Å². The van der Waals surface area contributed by atoms with E-state index in [1.165, 1.54) is 11.3 Å².